The minimum absolute atomic E-state index is 0.719. The maximum atomic E-state index is 4.59. The molecule has 6 nitrogen and oxygen atoms in total. The van der Waals surface area contributed by atoms with Crippen LogP contribution in [-0.2, 0) is 0 Å². The van der Waals surface area contributed by atoms with E-state index in [1.807, 2.05) is 12.1 Å². The van der Waals surface area contributed by atoms with Crippen molar-refractivity contribution in [3.8, 4) is 0 Å². The Morgan fingerprint density at radius 3 is 2.58 bits per heavy atom. The molecule has 0 bridgehead atoms. The molecule has 0 saturated carbocycles. The highest BCUT2D eigenvalue weighted by atomic mass is 15.6. The van der Waals surface area contributed by atoms with Crippen molar-refractivity contribution >= 4 is 22.2 Å². The standard InChI is InChI=1S/C13H14N6/c1-4-8-18(9-5-1)13-11-7-3-2-6-10(11)12-14-16-17-19(12)15-13/h2-3,6-7H,1,4-5,8-9H2. The van der Waals surface area contributed by atoms with Crippen LogP contribution in [0, 0.1) is 0 Å². The molecule has 0 spiro atoms. The number of fused-ring (bicyclic) bond motifs is 3. The van der Waals surface area contributed by atoms with Gasteiger partial charge in [0.15, 0.2) is 5.82 Å². The second-order valence-corrected chi connectivity index (χ2v) is 4.91. The van der Waals surface area contributed by atoms with Crippen molar-refractivity contribution in [3.05, 3.63) is 24.3 Å². The highest BCUT2D eigenvalue weighted by molar-refractivity contribution is 5.99. The van der Waals surface area contributed by atoms with E-state index < -0.39 is 0 Å². The van der Waals surface area contributed by atoms with Crippen LogP contribution in [0.15, 0.2) is 24.3 Å². The van der Waals surface area contributed by atoms with Gasteiger partial charge in [-0.2, -0.15) is 0 Å². The Morgan fingerprint density at radius 2 is 1.74 bits per heavy atom. The van der Waals surface area contributed by atoms with Gasteiger partial charge in [-0.25, -0.2) is 0 Å². The molecule has 3 heterocycles. The third-order valence-electron chi connectivity index (χ3n) is 3.71. The van der Waals surface area contributed by atoms with Crippen molar-refractivity contribution in [2.24, 2.45) is 0 Å². The van der Waals surface area contributed by atoms with Crippen LogP contribution in [0.4, 0.5) is 5.82 Å². The lowest BCUT2D eigenvalue weighted by molar-refractivity contribution is 0.569. The van der Waals surface area contributed by atoms with Gasteiger partial charge in [0.1, 0.15) is 0 Å². The number of rotatable bonds is 1. The maximum Gasteiger partial charge on any atom is 0.207 e. The molecule has 1 aliphatic heterocycles. The van der Waals surface area contributed by atoms with Gasteiger partial charge in [0.25, 0.3) is 0 Å². The monoisotopic (exact) mass is 254 g/mol. The van der Waals surface area contributed by atoms with Crippen molar-refractivity contribution in [1.29, 1.82) is 0 Å². The van der Waals surface area contributed by atoms with Crippen molar-refractivity contribution in [1.82, 2.24) is 25.3 Å². The highest BCUT2D eigenvalue weighted by Crippen LogP contribution is 2.28. The lowest BCUT2D eigenvalue weighted by atomic mass is 10.1. The first-order valence-electron chi connectivity index (χ1n) is 6.65. The lowest BCUT2D eigenvalue weighted by Gasteiger charge is -2.28. The van der Waals surface area contributed by atoms with Gasteiger partial charge < -0.3 is 4.90 Å². The molecule has 1 fully saturated rings. The summed E-state index contributed by atoms with van der Waals surface area (Å²) in [5.41, 5.74) is 0.719. The summed E-state index contributed by atoms with van der Waals surface area (Å²) >= 11 is 0. The van der Waals surface area contributed by atoms with Gasteiger partial charge >= 0.3 is 0 Å². The Hall–Kier alpha value is -2.24. The Kier molecular flexibility index (Phi) is 2.33. The third-order valence-corrected chi connectivity index (χ3v) is 3.71. The summed E-state index contributed by atoms with van der Waals surface area (Å²) in [4.78, 5) is 2.34. The quantitative estimate of drug-likeness (QED) is 0.661. The number of piperidine rings is 1. The summed E-state index contributed by atoms with van der Waals surface area (Å²) in [6, 6.07) is 8.20. The minimum atomic E-state index is 0.719. The molecule has 0 N–H and O–H groups in total. The molecule has 1 saturated heterocycles. The van der Waals surface area contributed by atoms with Gasteiger partial charge in [0.05, 0.1) is 0 Å². The SMILES string of the molecule is c1ccc2c(c1)c(N1CCCCC1)nn1nnnc21. The van der Waals surface area contributed by atoms with Crippen molar-refractivity contribution in [2.45, 2.75) is 19.3 Å². The number of aromatic nitrogens is 5. The molecule has 2 aromatic heterocycles. The number of benzene rings is 1. The van der Waals surface area contributed by atoms with Crippen LogP contribution in [0.5, 0.6) is 0 Å². The van der Waals surface area contributed by atoms with Crippen molar-refractivity contribution in [3.63, 3.8) is 0 Å². The lowest BCUT2D eigenvalue weighted by Crippen LogP contribution is -2.30. The fourth-order valence-electron chi connectivity index (χ4n) is 2.77. The van der Waals surface area contributed by atoms with E-state index in [1.54, 1.807) is 0 Å². The van der Waals surface area contributed by atoms with Gasteiger partial charge in [0, 0.05) is 23.9 Å². The Bertz CT molecular complexity index is 728. The van der Waals surface area contributed by atoms with E-state index in [1.165, 1.54) is 23.9 Å². The molecular weight excluding hydrogens is 240 g/mol. The van der Waals surface area contributed by atoms with Crippen molar-refractivity contribution < 1.29 is 0 Å². The molecule has 6 heteroatoms. The van der Waals surface area contributed by atoms with E-state index in [4.69, 9.17) is 0 Å². The largest absolute Gasteiger partial charge is 0.355 e. The molecule has 3 aromatic rings. The normalized spacial score (nSPS) is 16.3. The molecule has 4 rings (SSSR count). The smallest absolute Gasteiger partial charge is 0.207 e. The zero-order valence-electron chi connectivity index (χ0n) is 10.5. The first-order chi connectivity index (χ1) is 9.43. The molecule has 0 amide bonds. The average Bonchev–Trinajstić information content (AvgIpc) is 2.96. The number of hydrogen-bond acceptors (Lipinski definition) is 5. The maximum absolute atomic E-state index is 4.59. The molecular formula is C13H14N6. The van der Waals surface area contributed by atoms with E-state index in [0.29, 0.717) is 0 Å². The Morgan fingerprint density at radius 1 is 0.947 bits per heavy atom. The van der Waals surface area contributed by atoms with Gasteiger partial charge in [-0.1, -0.05) is 24.3 Å². The summed E-state index contributed by atoms with van der Waals surface area (Å²) in [5, 5.41) is 18.5. The van der Waals surface area contributed by atoms with Crippen molar-refractivity contribution in [2.75, 3.05) is 18.0 Å². The molecule has 0 atom stereocenters. The second kappa shape index (κ2) is 4.15. The second-order valence-electron chi connectivity index (χ2n) is 4.91. The Labute approximate surface area is 110 Å². The average molecular weight is 254 g/mol. The number of nitrogens with zero attached hydrogens (tertiary/aromatic N) is 6. The van der Waals surface area contributed by atoms with Crippen LogP contribution in [0.1, 0.15) is 19.3 Å². The van der Waals surface area contributed by atoms with E-state index >= 15 is 0 Å². The fraction of sp³-hybridized carbons (Fsp3) is 0.385. The van der Waals surface area contributed by atoms with Crippen LogP contribution in [0.2, 0.25) is 0 Å². The van der Waals surface area contributed by atoms with Crippen LogP contribution < -0.4 is 4.90 Å². The first-order valence-corrected chi connectivity index (χ1v) is 6.65. The van der Waals surface area contributed by atoms with E-state index in [-0.39, 0.29) is 0 Å². The summed E-state index contributed by atoms with van der Waals surface area (Å²) in [6.45, 7) is 2.12. The molecule has 0 unspecified atom stereocenters. The van der Waals surface area contributed by atoms with E-state index in [0.717, 1.165) is 35.3 Å². The van der Waals surface area contributed by atoms with E-state index in [2.05, 4.69) is 37.7 Å². The van der Waals surface area contributed by atoms with Crippen LogP contribution in [0.3, 0.4) is 0 Å². The molecule has 19 heavy (non-hydrogen) atoms. The van der Waals surface area contributed by atoms with Crippen LogP contribution in [0.25, 0.3) is 16.4 Å². The minimum Gasteiger partial charge on any atom is -0.355 e. The van der Waals surface area contributed by atoms with Gasteiger partial charge in [-0.3, -0.25) is 0 Å². The summed E-state index contributed by atoms with van der Waals surface area (Å²) in [5.74, 6) is 0.995. The molecule has 96 valence electrons. The zero-order chi connectivity index (χ0) is 12.7. The fourth-order valence-corrected chi connectivity index (χ4v) is 2.77. The number of tetrazole rings is 1. The molecule has 0 aliphatic carbocycles. The topological polar surface area (TPSA) is 59.2 Å². The predicted molar refractivity (Wildman–Crippen MR) is 72.1 cm³/mol. The van der Waals surface area contributed by atoms with E-state index in [9.17, 15) is 0 Å². The number of anilines is 1. The Balaban J connectivity index is 2.00. The van der Waals surface area contributed by atoms with Crippen LogP contribution >= 0.6 is 0 Å². The molecule has 1 aromatic carbocycles. The van der Waals surface area contributed by atoms with Gasteiger partial charge in [-0.05, 0) is 29.7 Å². The summed E-state index contributed by atoms with van der Waals surface area (Å²) < 4.78 is 1.53. The highest BCUT2D eigenvalue weighted by Gasteiger charge is 2.18. The zero-order valence-corrected chi connectivity index (χ0v) is 10.5. The van der Waals surface area contributed by atoms with Gasteiger partial charge in [0.2, 0.25) is 5.65 Å². The van der Waals surface area contributed by atoms with Gasteiger partial charge in [-0.15, -0.1) is 14.8 Å². The molecule has 1 aliphatic rings. The number of hydrogen-bond donors (Lipinski definition) is 0. The molecule has 0 radical (unpaired) electrons. The van der Waals surface area contributed by atoms with Crippen LogP contribution in [-0.4, -0.2) is 38.3 Å². The summed E-state index contributed by atoms with van der Waals surface area (Å²) in [6.07, 6.45) is 3.76. The predicted octanol–water partition coefficient (Wildman–Crippen LogP) is 1.66. The third kappa shape index (κ3) is 1.63. The summed E-state index contributed by atoms with van der Waals surface area (Å²) in [7, 11) is 0. The first kappa shape index (κ1) is 10.7.